The lowest BCUT2D eigenvalue weighted by Crippen LogP contribution is -2.25. The Bertz CT molecular complexity index is 839. The third kappa shape index (κ3) is 2.59. The van der Waals surface area contributed by atoms with Crippen molar-refractivity contribution in [3.05, 3.63) is 52.0 Å². The molecule has 0 aliphatic rings. The minimum atomic E-state index is -0.530. The average molecular weight is 318 g/mol. The smallest absolute Gasteiger partial charge is 0.254 e. The molecule has 2 aromatic heterocycles. The predicted molar refractivity (Wildman–Crippen MR) is 82.5 cm³/mol. The van der Waals surface area contributed by atoms with Gasteiger partial charge in [-0.15, -0.1) is 0 Å². The highest BCUT2D eigenvalue weighted by Crippen LogP contribution is 2.19. The SMILES string of the molecule is CCc1nn2c(CNC(=O)c3ccccc3F)c(C)nc2s1. The molecule has 3 rings (SSSR count). The quantitative estimate of drug-likeness (QED) is 0.804. The van der Waals surface area contributed by atoms with Gasteiger partial charge in [0.1, 0.15) is 10.8 Å². The van der Waals surface area contributed by atoms with E-state index in [4.69, 9.17) is 0 Å². The molecule has 1 amide bonds. The van der Waals surface area contributed by atoms with Crippen molar-refractivity contribution in [3.63, 3.8) is 0 Å². The summed E-state index contributed by atoms with van der Waals surface area (Å²) in [7, 11) is 0. The van der Waals surface area contributed by atoms with E-state index in [9.17, 15) is 9.18 Å². The third-order valence-corrected chi connectivity index (χ3v) is 4.43. The Kier molecular flexibility index (Phi) is 3.89. The first-order chi connectivity index (χ1) is 10.6. The van der Waals surface area contributed by atoms with E-state index in [0.717, 1.165) is 27.8 Å². The number of aryl methyl sites for hydroxylation is 2. The highest BCUT2D eigenvalue weighted by Gasteiger charge is 2.16. The Labute approximate surface area is 130 Å². The number of aromatic nitrogens is 3. The number of hydrogen-bond acceptors (Lipinski definition) is 4. The predicted octanol–water partition coefficient (Wildman–Crippen LogP) is 2.73. The number of hydrogen-bond donors (Lipinski definition) is 1. The second-order valence-corrected chi connectivity index (χ2v) is 5.89. The molecule has 1 aromatic carbocycles. The molecule has 1 N–H and O–H groups in total. The van der Waals surface area contributed by atoms with Crippen molar-refractivity contribution in [1.29, 1.82) is 0 Å². The molecule has 0 spiro atoms. The molecule has 0 unspecified atom stereocenters. The van der Waals surface area contributed by atoms with E-state index >= 15 is 0 Å². The summed E-state index contributed by atoms with van der Waals surface area (Å²) >= 11 is 1.53. The number of rotatable bonds is 4. The Morgan fingerprint density at radius 1 is 1.41 bits per heavy atom. The van der Waals surface area contributed by atoms with Crippen LogP contribution in [0.1, 0.15) is 33.7 Å². The van der Waals surface area contributed by atoms with E-state index in [2.05, 4.69) is 15.4 Å². The second kappa shape index (κ2) is 5.84. The minimum Gasteiger partial charge on any atom is -0.346 e. The number of carbonyl (C=O) groups is 1. The van der Waals surface area contributed by atoms with Crippen molar-refractivity contribution < 1.29 is 9.18 Å². The largest absolute Gasteiger partial charge is 0.346 e. The van der Waals surface area contributed by atoms with Gasteiger partial charge in [0.2, 0.25) is 4.96 Å². The fourth-order valence-electron chi connectivity index (χ4n) is 2.18. The molecule has 22 heavy (non-hydrogen) atoms. The first-order valence-electron chi connectivity index (χ1n) is 6.96. The van der Waals surface area contributed by atoms with Crippen LogP contribution in [0.3, 0.4) is 0 Å². The summed E-state index contributed by atoms with van der Waals surface area (Å²) in [6.45, 7) is 4.16. The molecule has 0 aliphatic carbocycles. The highest BCUT2D eigenvalue weighted by molar-refractivity contribution is 7.16. The molecular formula is C15H15FN4OS. The van der Waals surface area contributed by atoms with Gasteiger partial charge in [-0.1, -0.05) is 30.4 Å². The van der Waals surface area contributed by atoms with Gasteiger partial charge in [0.05, 0.1) is 23.5 Å². The molecule has 0 fully saturated rings. The molecule has 5 nitrogen and oxygen atoms in total. The molecule has 0 saturated carbocycles. The van der Waals surface area contributed by atoms with Gasteiger partial charge < -0.3 is 5.32 Å². The summed E-state index contributed by atoms with van der Waals surface area (Å²) in [6.07, 6.45) is 0.841. The summed E-state index contributed by atoms with van der Waals surface area (Å²) < 4.78 is 15.3. The van der Waals surface area contributed by atoms with Crippen molar-refractivity contribution in [3.8, 4) is 0 Å². The van der Waals surface area contributed by atoms with E-state index < -0.39 is 11.7 Å². The van der Waals surface area contributed by atoms with Crippen molar-refractivity contribution >= 4 is 22.2 Å². The summed E-state index contributed by atoms with van der Waals surface area (Å²) in [5.74, 6) is -0.976. The van der Waals surface area contributed by atoms with E-state index in [0.29, 0.717) is 0 Å². The van der Waals surface area contributed by atoms with Crippen LogP contribution in [-0.4, -0.2) is 20.5 Å². The maximum Gasteiger partial charge on any atom is 0.254 e. The molecular weight excluding hydrogens is 303 g/mol. The topological polar surface area (TPSA) is 59.3 Å². The summed E-state index contributed by atoms with van der Waals surface area (Å²) in [6, 6.07) is 5.92. The summed E-state index contributed by atoms with van der Waals surface area (Å²) in [5.41, 5.74) is 1.67. The highest BCUT2D eigenvalue weighted by atomic mass is 32.1. The number of nitrogens with one attached hydrogen (secondary N) is 1. The first kappa shape index (κ1) is 14.6. The van der Waals surface area contributed by atoms with Gasteiger partial charge in [-0.05, 0) is 25.5 Å². The lowest BCUT2D eigenvalue weighted by molar-refractivity contribution is 0.0946. The second-order valence-electron chi connectivity index (χ2n) is 4.85. The molecule has 114 valence electrons. The minimum absolute atomic E-state index is 0.0356. The van der Waals surface area contributed by atoms with E-state index in [-0.39, 0.29) is 12.1 Å². The summed E-state index contributed by atoms with van der Waals surface area (Å²) in [4.78, 5) is 17.3. The van der Waals surface area contributed by atoms with Crippen LogP contribution in [-0.2, 0) is 13.0 Å². The van der Waals surface area contributed by atoms with Crippen molar-refractivity contribution in [2.45, 2.75) is 26.8 Å². The monoisotopic (exact) mass is 318 g/mol. The van der Waals surface area contributed by atoms with Gasteiger partial charge in [-0.3, -0.25) is 4.79 Å². The maximum absolute atomic E-state index is 13.6. The maximum atomic E-state index is 13.6. The number of amides is 1. The van der Waals surface area contributed by atoms with E-state index in [1.807, 2.05) is 13.8 Å². The molecule has 3 aromatic rings. The molecule has 0 bridgehead atoms. The van der Waals surface area contributed by atoms with Gasteiger partial charge in [0.15, 0.2) is 0 Å². The number of fused-ring (bicyclic) bond motifs is 1. The van der Waals surface area contributed by atoms with Gasteiger partial charge in [-0.2, -0.15) is 5.10 Å². The molecule has 0 atom stereocenters. The van der Waals surface area contributed by atoms with Gasteiger partial charge in [0.25, 0.3) is 5.91 Å². The molecule has 0 saturated heterocycles. The van der Waals surface area contributed by atoms with Crippen LogP contribution < -0.4 is 5.32 Å². The fraction of sp³-hybridized carbons (Fsp3) is 0.267. The van der Waals surface area contributed by atoms with Crippen molar-refractivity contribution in [2.75, 3.05) is 0 Å². The van der Waals surface area contributed by atoms with Crippen LogP contribution in [0.2, 0.25) is 0 Å². The number of nitrogens with zero attached hydrogens (tertiary/aromatic N) is 3. The molecule has 0 radical (unpaired) electrons. The van der Waals surface area contributed by atoms with Crippen molar-refractivity contribution in [1.82, 2.24) is 19.9 Å². The number of imidazole rings is 1. The van der Waals surface area contributed by atoms with Crippen LogP contribution in [0.15, 0.2) is 24.3 Å². The van der Waals surface area contributed by atoms with Crippen LogP contribution in [0.4, 0.5) is 4.39 Å². The first-order valence-corrected chi connectivity index (χ1v) is 7.78. The van der Waals surface area contributed by atoms with E-state index in [1.165, 1.54) is 23.5 Å². The Hall–Kier alpha value is -2.28. The third-order valence-electron chi connectivity index (χ3n) is 3.38. The van der Waals surface area contributed by atoms with Crippen LogP contribution in [0.5, 0.6) is 0 Å². The fourth-order valence-corrected chi connectivity index (χ4v) is 3.08. The zero-order valence-electron chi connectivity index (χ0n) is 12.3. The molecule has 7 heteroatoms. The standard InChI is InChI=1S/C15H15FN4OS/c1-3-13-19-20-12(9(2)18-15(20)22-13)8-17-14(21)10-6-4-5-7-11(10)16/h4-7H,3,8H2,1-2H3,(H,17,21). The number of benzene rings is 1. The van der Waals surface area contributed by atoms with Gasteiger partial charge >= 0.3 is 0 Å². The van der Waals surface area contributed by atoms with Crippen LogP contribution >= 0.6 is 11.3 Å². The Morgan fingerprint density at radius 3 is 2.91 bits per heavy atom. The molecule has 0 aliphatic heterocycles. The zero-order valence-corrected chi connectivity index (χ0v) is 13.1. The van der Waals surface area contributed by atoms with Gasteiger partial charge in [0, 0.05) is 0 Å². The Morgan fingerprint density at radius 2 is 2.18 bits per heavy atom. The zero-order chi connectivity index (χ0) is 15.7. The van der Waals surface area contributed by atoms with E-state index in [1.54, 1.807) is 16.6 Å². The Balaban J connectivity index is 1.82. The average Bonchev–Trinajstić information content (AvgIpc) is 3.02. The number of carbonyl (C=O) groups excluding carboxylic acids is 1. The molecule has 2 heterocycles. The lowest BCUT2D eigenvalue weighted by Gasteiger charge is -2.06. The van der Waals surface area contributed by atoms with Crippen LogP contribution in [0.25, 0.3) is 4.96 Å². The van der Waals surface area contributed by atoms with Gasteiger partial charge in [-0.25, -0.2) is 13.9 Å². The normalized spacial score (nSPS) is 11.0. The number of halogens is 1. The van der Waals surface area contributed by atoms with Crippen LogP contribution in [0, 0.1) is 12.7 Å². The summed E-state index contributed by atoms with van der Waals surface area (Å²) in [5, 5.41) is 8.18. The lowest BCUT2D eigenvalue weighted by atomic mass is 10.2. The van der Waals surface area contributed by atoms with Crippen molar-refractivity contribution in [2.24, 2.45) is 0 Å².